The molecule has 136 valence electrons. The molecule has 1 rings (SSSR count). The second-order valence-electron chi connectivity index (χ2n) is 5.24. The van der Waals surface area contributed by atoms with Crippen LogP contribution in [-0.2, 0) is 4.84 Å². The summed E-state index contributed by atoms with van der Waals surface area (Å²) < 4.78 is 11.0. The van der Waals surface area contributed by atoms with Gasteiger partial charge in [0.15, 0.2) is 11.5 Å². The smallest absolute Gasteiger partial charge is 0.294 e. The number of para-hydroxylation sites is 2. The average molecular weight is 342 g/mol. The highest BCUT2D eigenvalue weighted by Gasteiger charge is 2.11. The fourth-order valence-electron chi connectivity index (χ4n) is 2.08. The van der Waals surface area contributed by atoms with Crippen molar-refractivity contribution in [2.75, 3.05) is 26.4 Å². The number of hydrogen-bond donors (Lipinski definition) is 2. The largest absolute Gasteiger partial charge is 0.488 e. The molecule has 1 aromatic carbocycles. The van der Waals surface area contributed by atoms with Gasteiger partial charge in [0.1, 0.15) is 25.9 Å². The van der Waals surface area contributed by atoms with E-state index in [-0.39, 0.29) is 19.8 Å². The molecule has 0 aromatic heterocycles. The van der Waals surface area contributed by atoms with Crippen LogP contribution in [-0.4, -0.2) is 48.7 Å². The standard InChI is InChI=1S/C16H26N2O6/c1-3-13(4-2)17-11-14(19)12-23-16-8-6-5-7-15(16)22-9-10-24-18(20)21/h5-8,13-14,17,19H,3-4,9-12H2,1-2H3. The first-order chi connectivity index (χ1) is 11.6. The Bertz CT molecular complexity index is 481. The van der Waals surface area contributed by atoms with Crippen molar-refractivity contribution in [2.45, 2.75) is 38.8 Å². The molecule has 0 saturated heterocycles. The molecule has 0 saturated carbocycles. The molecular formula is C16H26N2O6. The maximum absolute atomic E-state index is 10.1. The maximum Gasteiger partial charge on any atom is 0.294 e. The second kappa shape index (κ2) is 11.5. The van der Waals surface area contributed by atoms with Gasteiger partial charge in [-0.15, -0.1) is 10.1 Å². The van der Waals surface area contributed by atoms with Crippen molar-refractivity contribution in [1.82, 2.24) is 5.32 Å². The van der Waals surface area contributed by atoms with Crippen molar-refractivity contribution in [2.24, 2.45) is 0 Å². The second-order valence-corrected chi connectivity index (χ2v) is 5.24. The third kappa shape index (κ3) is 7.98. The van der Waals surface area contributed by atoms with Gasteiger partial charge in [0, 0.05) is 12.6 Å². The first-order valence-corrected chi connectivity index (χ1v) is 8.10. The number of aliphatic hydroxyl groups is 1. The number of aliphatic hydroxyl groups excluding tert-OH is 1. The van der Waals surface area contributed by atoms with E-state index in [9.17, 15) is 15.2 Å². The summed E-state index contributed by atoms with van der Waals surface area (Å²) >= 11 is 0. The van der Waals surface area contributed by atoms with Crippen LogP contribution in [0.15, 0.2) is 24.3 Å². The summed E-state index contributed by atoms with van der Waals surface area (Å²) in [6, 6.07) is 7.34. The zero-order valence-electron chi connectivity index (χ0n) is 14.1. The number of nitrogens with one attached hydrogen (secondary N) is 1. The number of nitrogens with zero attached hydrogens (tertiary/aromatic N) is 1. The molecule has 0 aliphatic heterocycles. The van der Waals surface area contributed by atoms with Crippen LogP contribution in [0.1, 0.15) is 26.7 Å². The van der Waals surface area contributed by atoms with Gasteiger partial charge in [-0.1, -0.05) is 26.0 Å². The van der Waals surface area contributed by atoms with Crippen LogP contribution >= 0.6 is 0 Å². The number of rotatable bonds is 13. The van der Waals surface area contributed by atoms with Gasteiger partial charge in [0.2, 0.25) is 0 Å². The van der Waals surface area contributed by atoms with Crippen molar-refractivity contribution >= 4 is 0 Å². The lowest BCUT2D eigenvalue weighted by atomic mass is 10.1. The molecule has 2 N–H and O–H groups in total. The quantitative estimate of drug-likeness (QED) is 0.320. The normalized spacial score (nSPS) is 12.0. The SMILES string of the molecule is CCC(CC)NCC(O)COc1ccccc1OCCO[N+](=O)[O-]. The Kier molecular flexibility index (Phi) is 9.55. The Morgan fingerprint density at radius 3 is 2.38 bits per heavy atom. The molecule has 0 amide bonds. The van der Waals surface area contributed by atoms with Crippen LogP contribution in [0.4, 0.5) is 0 Å². The van der Waals surface area contributed by atoms with Gasteiger partial charge in [0.05, 0.1) is 0 Å². The number of hydrogen-bond acceptors (Lipinski definition) is 7. The fourth-order valence-corrected chi connectivity index (χ4v) is 2.08. The molecule has 0 radical (unpaired) electrons. The number of benzene rings is 1. The van der Waals surface area contributed by atoms with E-state index in [0.29, 0.717) is 24.1 Å². The topological polar surface area (TPSA) is 103 Å². The monoisotopic (exact) mass is 342 g/mol. The van der Waals surface area contributed by atoms with Crippen molar-refractivity contribution in [3.05, 3.63) is 34.4 Å². The predicted molar refractivity (Wildman–Crippen MR) is 88.8 cm³/mol. The van der Waals surface area contributed by atoms with Crippen molar-refractivity contribution in [1.29, 1.82) is 0 Å². The van der Waals surface area contributed by atoms with Gasteiger partial charge in [-0.05, 0) is 25.0 Å². The molecule has 0 heterocycles. The summed E-state index contributed by atoms with van der Waals surface area (Å²) in [4.78, 5) is 14.3. The minimum absolute atomic E-state index is 0.0279. The first kappa shape index (κ1) is 20.0. The van der Waals surface area contributed by atoms with Crippen molar-refractivity contribution < 1.29 is 24.5 Å². The third-order valence-corrected chi connectivity index (χ3v) is 3.45. The Morgan fingerprint density at radius 1 is 1.17 bits per heavy atom. The fraction of sp³-hybridized carbons (Fsp3) is 0.625. The lowest BCUT2D eigenvalue weighted by Crippen LogP contribution is -2.37. The minimum Gasteiger partial charge on any atom is -0.488 e. The molecule has 0 spiro atoms. The lowest BCUT2D eigenvalue weighted by molar-refractivity contribution is -0.757. The summed E-state index contributed by atoms with van der Waals surface area (Å²) in [6.45, 7) is 4.63. The summed E-state index contributed by atoms with van der Waals surface area (Å²) in [7, 11) is 0. The van der Waals surface area contributed by atoms with Crippen LogP contribution in [0.3, 0.4) is 0 Å². The van der Waals surface area contributed by atoms with Gasteiger partial charge in [-0.2, -0.15) is 0 Å². The minimum atomic E-state index is -0.866. The highest BCUT2D eigenvalue weighted by molar-refractivity contribution is 5.39. The summed E-state index contributed by atoms with van der Waals surface area (Å²) in [6.07, 6.45) is 1.37. The molecular weight excluding hydrogens is 316 g/mol. The highest BCUT2D eigenvalue weighted by atomic mass is 17.0. The molecule has 8 nitrogen and oxygen atoms in total. The first-order valence-electron chi connectivity index (χ1n) is 8.10. The summed E-state index contributed by atoms with van der Waals surface area (Å²) in [5.41, 5.74) is 0. The Hall–Kier alpha value is -2.06. The van der Waals surface area contributed by atoms with Crippen molar-refractivity contribution in [3.63, 3.8) is 0 Å². The van der Waals surface area contributed by atoms with Crippen LogP contribution < -0.4 is 14.8 Å². The zero-order valence-corrected chi connectivity index (χ0v) is 14.1. The van der Waals surface area contributed by atoms with E-state index in [2.05, 4.69) is 24.0 Å². The average Bonchev–Trinajstić information content (AvgIpc) is 2.58. The van der Waals surface area contributed by atoms with E-state index >= 15 is 0 Å². The molecule has 0 aliphatic rings. The van der Waals surface area contributed by atoms with Gasteiger partial charge in [-0.3, -0.25) is 0 Å². The van der Waals surface area contributed by atoms with E-state index in [0.717, 1.165) is 12.8 Å². The van der Waals surface area contributed by atoms with Gasteiger partial charge >= 0.3 is 0 Å². The highest BCUT2D eigenvalue weighted by Crippen LogP contribution is 2.26. The maximum atomic E-state index is 10.1. The van der Waals surface area contributed by atoms with E-state index in [1.807, 2.05) is 0 Å². The predicted octanol–water partition coefficient (Wildman–Crippen LogP) is 1.79. The van der Waals surface area contributed by atoms with Crippen LogP contribution in [0.25, 0.3) is 0 Å². The molecule has 8 heteroatoms. The Balaban J connectivity index is 2.39. The molecule has 0 aliphatic carbocycles. The van der Waals surface area contributed by atoms with Gasteiger partial charge in [-0.25, -0.2) is 0 Å². The molecule has 0 bridgehead atoms. The molecule has 1 atom stereocenters. The lowest BCUT2D eigenvalue weighted by Gasteiger charge is -2.19. The van der Waals surface area contributed by atoms with Crippen LogP contribution in [0.5, 0.6) is 11.5 Å². The molecule has 1 aromatic rings. The summed E-state index contributed by atoms with van der Waals surface area (Å²) in [5.74, 6) is 0.921. The number of ether oxygens (including phenoxy) is 2. The summed E-state index contributed by atoms with van der Waals surface area (Å²) in [5, 5.41) is 22.5. The molecule has 0 fully saturated rings. The van der Waals surface area contributed by atoms with Crippen LogP contribution in [0.2, 0.25) is 0 Å². The Morgan fingerprint density at radius 2 is 1.79 bits per heavy atom. The van der Waals surface area contributed by atoms with E-state index in [4.69, 9.17) is 9.47 Å². The van der Waals surface area contributed by atoms with Gasteiger partial charge in [0.25, 0.3) is 5.09 Å². The Labute approximate surface area is 141 Å². The van der Waals surface area contributed by atoms with Crippen LogP contribution in [0, 0.1) is 10.1 Å². The molecule has 24 heavy (non-hydrogen) atoms. The van der Waals surface area contributed by atoms with Crippen molar-refractivity contribution in [3.8, 4) is 11.5 Å². The zero-order chi connectivity index (χ0) is 17.8. The third-order valence-electron chi connectivity index (χ3n) is 3.45. The van der Waals surface area contributed by atoms with E-state index in [1.165, 1.54) is 0 Å². The van der Waals surface area contributed by atoms with Gasteiger partial charge < -0.3 is 24.7 Å². The van der Waals surface area contributed by atoms with E-state index in [1.54, 1.807) is 24.3 Å². The molecule has 1 unspecified atom stereocenters. The van der Waals surface area contributed by atoms with E-state index < -0.39 is 11.2 Å².